The zero-order valence-electron chi connectivity index (χ0n) is 12.9. The molecular weight excluding hydrogens is 290 g/mol. The first-order chi connectivity index (χ1) is 10.1. The van der Waals surface area contributed by atoms with Crippen molar-refractivity contribution in [2.75, 3.05) is 19.8 Å². The van der Waals surface area contributed by atoms with E-state index in [1.165, 1.54) is 0 Å². The van der Waals surface area contributed by atoms with E-state index in [4.69, 9.17) is 26.8 Å². The fraction of sp³-hybridized carbons (Fsp3) is 0.625. The van der Waals surface area contributed by atoms with Crippen LogP contribution in [0.15, 0.2) is 12.1 Å². The molecule has 0 aliphatic rings. The van der Waals surface area contributed by atoms with Gasteiger partial charge in [-0.15, -0.1) is 0 Å². The van der Waals surface area contributed by atoms with E-state index >= 15 is 0 Å². The lowest BCUT2D eigenvalue weighted by molar-refractivity contribution is 0.172. The van der Waals surface area contributed by atoms with Crippen LogP contribution >= 0.6 is 11.6 Å². The summed E-state index contributed by atoms with van der Waals surface area (Å²) in [5, 5.41) is 10.2. The van der Waals surface area contributed by atoms with Crippen LogP contribution in [0.2, 0.25) is 5.02 Å². The van der Waals surface area contributed by atoms with Crippen LogP contribution in [0.4, 0.5) is 0 Å². The molecule has 1 rings (SSSR count). The monoisotopic (exact) mass is 315 g/mol. The van der Waals surface area contributed by atoms with Crippen LogP contribution in [0.3, 0.4) is 0 Å². The molecule has 0 spiro atoms. The smallest absolute Gasteiger partial charge is 0.141 e. The number of aryl methyl sites for hydroxylation is 1. The zero-order valence-corrected chi connectivity index (χ0v) is 13.7. The molecule has 0 heterocycles. The lowest BCUT2D eigenvalue weighted by Gasteiger charge is -2.16. The van der Waals surface area contributed by atoms with Crippen molar-refractivity contribution >= 4 is 11.6 Å². The summed E-state index contributed by atoms with van der Waals surface area (Å²) in [6.07, 6.45) is 2.61. The molecule has 0 saturated carbocycles. The van der Waals surface area contributed by atoms with Gasteiger partial charge in [0, 0.05) is 12.6 Å². The summed E-state index contributed by atoms with van der Waals surface area (Å²) >= 11 is 6.25. The standard InChI is InChI=1S/C16H26ClNO3/c1-3-7-20-15-10-16(21-8-4-2)14(17)9-12(15)5-6-13(19)11-18/h9-10,13,19H,3-8,11,18H2,1-2H3. The molecule has 0 amide bonds. The minimum absolute atomic E-state index is 0.260. The van der Waals surface area contributed by atoms with E-state index < -0.39 is 6.10 Å². The molecule has 5 heteroatoms. The van der Waals surface area contributed by atoms with E-state index in [-0.39, 0.29) is 6.54 Å². The van der Waals surface area contributed by atoms with E-state index in [9.17, 15) is 5.11 Å². The number of nitrogens with two attached hydrogens (primary N) is 1. The summed E-state index contributed by atoms with van der Waals surface area (Å²) in [6, 6.07) is 3.71. The number of ether oxygens (including phenoxy) is 2. The van der Waals surface area contributed by atoms with Gasteiger partial charge in [0.15, 0.2) is 0 Å². The van der Waals surface area contributed by atoms with Gasteiger partial charge in [0.2, 0.25) is 0 Å². The Labute approximate surface area is 132 Å². The third-order valence-corrected chi connectivity index (χ3v) is 3.35. The summed E-state index contributed by atoms with van der Waals surface area (Å²) in [7, 11) is 0. The second-order valence-electron chi connectivity index (χ2n) is 5.02. The zero-order chi connectivity index (χ0) is 15.7. The molecule has 0 aliphatic heterocycles. The molecular formula is C16H26ClNO3. The highest BCUT2D eigenvalue weighted by Gasteiger charge is 2.12. The topological polar surface area (TPSA) is 64.7 Å². The number of aliphatic hydroxyl groups excluding tert-OH is 1. The van der Waals surface area contributed by atoms with Crippen molar-refractivity contribution in [2.24, 2.45) is 5.73 Å². The number of benzene rings is 1. The predicted molar refractivity (Wildman–Crippen MR) is 86.4 cm³/mol. The van der Waals surface area contributed by atoms with Crippen molar-refractivity contribution in [3.63, 3.8) is 0 Å². The summed E-state index contributed by atoms with van der Waals surface area (Å²) in [5.74, 6) is 1.42. The third kappa shape index (κ3) is 6.12. The van der Waals surface area contributed by atoms with Crippen molar-refractivity contribution < 1.29 is 14.6 Å². The molecule has 0 aromatic heterocycles. The maximum absolute atomic E-state index is 9.60. The molecule has 4 nitrogen and oxygen atoms in total. The number of aliphatic hydroxyl groups is 1. The highest BCUT2D eigenvalue weighted by molar-refractivity contribution is 6.32. The number of halogens is 1. The van der Waals surface area contributed by atoms with Crippen LogP contribution < -0.4 is 15.2 Å². The fourth-order valence-electron chi connectivity index (χ4n) is 1.88. The molecule has 1 unspecified atom stereocenters. The molecule has 0 bridgehead atoms. The Hall–Kier alpha value is -0.970. The number of rotatable bonds is 10. The summed E-state index contributed by atoms with van der Waals surface area (Å²) in [6.45, 7) is 5.63. The van der Waals surface area contributed by atoms with Gasteiger partial charge in [-0.1, -0.05) is 25.4 Å². The number of hydrogen-bond donors (Lipinski definition) is 2. The Morgan fingerprint density at radius 3 is 2.33 bits per heavy atom. The maximum atomic E-state index is 9.60. The van der Waals surface area contributed by atoms with Gasteiger partial charge >= 0.3 is 0 Å². The molecule has 1 aromatic carbocycles. The van der Waals surface area contributed by atoms with E-state index in [0.29, 0.717) is 36.8 Å². The highest BCUT2D eigenvalue weighted by atomic mass is 35.5. The normalized spacial score (nSPS) is 12.2. The average Bonchev–Trinajstić information content (AvgIpc) is 2.50. The van der Waals surface area contributed by atoms with Gasteiger partial charge in [0.25, 0.3) is 0 Å². The first-order valence-corrected chi connectivity index (χ1v) is 7.96. The molecule has 1 aromatic rings. The Bertz CT molecular complexity index is 426. The Morgan fingerprint density at radius 2 is 1.76 bits per heavy atom. The minimum atomic E-state index is -0.501. The van der Waals surface area contributed by atoms with Crippen LogP contribution in [0, 0.1) is 0 Å². The van der Waals surface area contributed by atoms with Crippen LogP contribution in [0.25, 0.3) is 0 Å². The number of hydrogen-bond acceptors (Lipinski definition) is 4. The average molecular weight is 316 g/mol. The van der Waals surface area contributed by atoms with E-state index in [1.54, 1.807) is 0 Å². The molecule has 3 N–H and O–H groups in total. The predicted octanol–water partition coefficient (Wildman–Crippen LogP) is 3.17. The summed E-state index contributed by atoms with van der Waals surface area (Å²) in [4.78, 5) is 0. The lowest BCUT2D eigenvalue weighted by atomic mass is 10.1. The van der Waals surface area contributed by atoms with Crippen LogP contribution in [0.5, 0.6) is 11.5 Å². The van der Waals surface area contributed by atoms with Gasteiger partial charge in [0.05, 0.1) is 24.3 Å². The van der Waals surface area contributed by atoms with Crippen molar-refractivity contribution in [3.8, 4) is 11.5 Å². The summed E-state index contributed by atoms with van der Waals surface area (Å²) < 4.78 is 11.4. The van der Waals surface area contributed by atoms with Crippen molar-refractivity contribution in [2.45, 2.75) is 45.6 Å². The van der Waals surface area contributed by atoms with E-state index in [0.717, 1.165) is 24.2 Å². The third-order valence-electron chi connectivity index (χ3n) is 3.06. The van der Waals surface area contributed by atoms with Crippen LogP contribution in [0.1, 0.15) is 38.7 Å². The molecule has 0 radical (unpaired) electrons. The largest absolute Gasteiger partial charge is 0.493 e. The first kappa shape index (κ1) is 18.1. The van der Waals surface area contributed by atoms with Crippen LogP contribution in [-0.2, 0) is 6.42 Å². The Kier molecular flexibility index (Phi) is 8.50. The Balaban J connectivity index is 2.89. The molecule has 0 aliphatic carbocycles. The van der Waals surface area contributed by atoms with Crippen LogP contribution in [-0.4, -0.2) is 31.0 Å². The van der Waals surface area contributed by atoms with Gasteiger partial charge in [-0.05, 0) is 37.3 Å². The van der Waals surface area contributed by atoms with Crippen molar-refractivity contribution in [1.29, 1.82) is 0 Å². The van der Waals surface area contributed by atoms with E-state index in [2.05, 4.69) is 6.92 Å². The maximum Gasteiger partial charge on any atom is 0.141 e. The molecule has 0 saturated heterocycles. The van der Waals surface area contributed by atoms with Crippen molar-refractivity contribution in [3.05, 3.63) is 22.7 Å². The fourth-order valence-corrected chi connectivity index (χ4v) is 2.12. The van der Waals surface area contributed by atoms with Crippen molar-refractivity contribution in [1.82, 2.24) is 0 Å². The van der Waals surface area contributed by atoms with E-state index in [1.807, 2.05) is 19.1 Å². The quantitative estimate of drug-likeness (QED) is 0.696. The van der Waals surface area contributed by atoms with Gasteiger partial charge in [-0.3, -0.25) is 0 Å². The Morgan fingerprint density at radius 1 is 1.14 bits per heavy atom. The van der Waals surface area contributed by atoms with Gasteiger partial charge in [0.1, 0.15) is 11.5 Å². The second-order valence-corrected chi connectivity index (χ2v) is 5.42. The highest BCUT2D eigenvalue weighted by Crippen LogP contribution is 2.34. The molecule has 1 atom stereocenters. The van der Waals surface area contributed by atoms with Gasteiger partial charge in [-0.2, -0.15) is 0 Å². The van der Waals surface area contributed by atoms with Gasteiger partial charge < -0.3 is 20.3 Å². The lowest BCUT2D eigenvalue weighted by Crippen LogP contribution is -2.20. The first-order valence-electron chi connectivity index (χ1n) is 7.58. The van der Waals surface area contributed by atoms with Gasteiger partial charge in [-0.25, -0.2) is 0 Å². The SMILES string of the molecule is CCCOc1cc(OCCC)c(CCC(O)CN)cc1Cl. The molecule has 21 heavy (non-hydrogen) atoms. The molecule has 120 valence electrons. The summed E-state index contributed by atoms with van der Waals surface area (Å²) in [5.41, 5.74) is 6.41. The minimum Gasteiger partial charge on any atom is -0.493 e. The molecule has 0 fully saturated rings. The second kappa shape index (κ2) is 9.87.